The second-order valence-corrected chi connectivity index (χ2v) is 3.81. The number of nitriles is 1. The highest BCUT2D eigenvalue weighted by molar-refractivity contribution is 5.50. The fraction of sp³-hybridized carbons (Fsp3) is 0.417. The van der Waals surface area contributed by atoms with E-state index in [4.69, 9.17) is 5.26 Å². The van der Waals surface area contributed by atoms with E-state index >= 15 is 0 Å². The topological polar surface area (TPSA) is 27.0 Å². The molecule has 1 heterocycles. The molecule has 0 N–H and O–H groups in total. The van der Waals surface area contributed by atoms with Gasteiger partial charge in [-0.3, -0.25) is 0 Å². The summed E-state index contributed by atoms with van der Waals surface area (Å²) in [7, 11) is 0. The van der Waals surface area contributed by atoms with E-state index < -0.39 is 0 Å². The maximum atomic E-state index is 9.02. The molecule has 0 aliphatic carbocycles. The van der Waals surface area contributed by atoms with E-state index in [1.165, 1.54) is 5.69 Å². The van der Waals surface area contributed by atoms with Crippen molar-refractivity contribution in [2.45, 2.75) is 31.8 Å². The normalized spacial score (nSPS) is 26.1. The Hall–Kier alpha value is -1.49. The SMILES string of the molecule is CC1CCC(C#N)N1c1ccccc1. The van der Waals surface area contributed by atoms with Crippen LogP contribution in [0.2, 0.25) is 0 Å². The zero-order chi connectivity index (χ0) is 9.97. The third-order valence-corrected chi connectivity index (χ3v) is 2.87. The monoisotopic (exact) mass is 186 g/mol. The molecular weight excluding hydrogens is 172 g/mol. The van der Waals surface area contributed by atoms with Gasteiger partial charge in [0, 0.05) is 11.7 Å². The number of para-hydroxylation sites is 1. The van der Waals surface area contributed by atoms with E-state index in [0.717, 1.165) is 12.8 Å². The van der Waals surface area contributed by atoms with Crippen LogP contribution in [-0.2, 0) is 0 Å². The van der Waals surface area contributed by atoms with Gasteiger partial charge in [0.1, 0.15) is 6.04 Å². The van der Waals surface area contributed by atoms with Crippen LogP contribution in [0.3, 0.4) is 0 Å². The molecule has 0 radical (unpaired) electrons. The maximum Gasteiger partial charge on any atom is 0.117 e. The second kappa shape index (κ2) is 3.71. The Labute approximate surface area is 84.8 Å². The minimum absolute atomic E-state index is 0.0624. The summed E-state index contributed by atoms with van der Waals surface area (Å²) in [4.78, 5) is 2.22. The minimum atomic E-state index is 0.0624. The highest BCUT2D eigenvalue weighted by Crippen LogP contribution is 2.29. The largest absolute Gasteiger partial charge is 0.353 e. The molecule has 14 heavy (non-hydrogen) atoms. The Bertz CT molecular complexity index is 339. The van der Waals surface area contributed by atoms with Crippen molar-refractivity contribution in [3.8, 4) is 6.07 Å². The van der Waals surface area contributed by atoms with Gasteiger partial charge in [0.25, 0.3) is 0 Å². The lowest BCUT2D eigenvalue weighted by Crippen LogP contribution is -2.33. The number of nitrogens with zero attached hydrogens (tertiary/aromatic N) is 2. The molecule has 2 rings (SSSR count). The van der Waals surface area contributed by atoms with Crippen molar-refractivity contribution in [2.24, 2.45) is 0 Å². The van der Waals surface area contributed by atoms with Crippen LogP contribution in [0.25, 0.3) is 0 Å². The maximum absolute atomic E-state index is 9.02. The van der Waals surface area contributed by atoms with Gasteiger partial charge in [0.15, 0.2) is 0 Å². The average Bonchev–Trinajstić information content (AvgIpc) is 2.61. The highest BCUT2D eigenvalue weighted by Gasteiger charge is 2.30. The lowest BCUT2D eigenvalue weighted by Gasteiger charge is -2.26. The molecule has 2 heteroatoms. The van der Waals surface area contributed by atoms with E-state index in [1.807, 2.05) is 18.2 Å². The lowest BCUT2D eigenvalue weighted by molar-refractivity contribution is 0.723. The highest BCUT2D eigenvalue weighted by atomic mass is 15.2. The molecule has 0 spiro atoms. The van der Waals surface area contributed by atoms with Gasteiger partial charge in [-0.05, 0) is 31.9 Å². The van der Waals surface area contributed by atoms with Crippen LogP contribution >= 0.6 is 0 Å². The first kappa shape index (κ1) is 9.08. The molecule has 0 aromatic heterocycles. The van der Waals surface area contributed by atoms with Gasteiger partial charge in [-0.1, -0.05) is 18.2 Å². The first-order chi connectivity index (χ1) is 6.83. The van der Waals surface area contributed by atoms with Crippen molar-refractivity contribution in [1.29, 1.82) is 5.26 Å². The number of anilines is 1. The smallest absolute Gasteiger partial charge is 0.117 e. The van der Waals surface area contributed by atoms with E-state index in [2.05, 4.69) is 30.0 Å². The first-order valence-electron chi connectivity index (χ1n) is 5.06. The van der Waals surface area contributed by atoms with Gasteiger partial charge >= 0.3 is 0 Å². The average molecular weight is 186 g/mol. The summed E-state index contributed by atoms with van der Waals surface area (Å²) in [5.74, 6) is 0. The van der Waals surface area contributed by atoms with Crippen molar-refractivity contribution >= 4 is 5.69 Å². The summed E-state index contributed by atoms with van der Waals surface area (Å²) in [6, 6.07) is 13.1. The fourth-order valence-electron chi connectivity index (χ4n) is 2.15. The third kappa shape index (κ3) is 1.46. The second-order valence-electron chi connectivity index (χ2n) is 3.81. The third-order valence-electron chi connectivity index (χ3n) is 2.87. The van der Waals surface area contributed by atoms with Crippen molar-refractivity contribution in [3.05, 3.63) is 30.3 Å². The molecule has 1 aromatic rings. The van der Waals surface area contributed by atoms with E-state index in [1.54, 1.807) is 0 Å². The standard InChI is InChI=1S/C12H14N2/c1-10-7-8-12(9-13)14(10)11-5-3-2-4-6-11/h2-6,10,12H,7-8H2,1H3. The Kier molecular flexibility index (Phi) is 2.41. The molecule has 1 aliphatic rings. The Balaban J connectivity index is 2.29. The van der Waals surface area contributed by atoms with Crippen molar-refractivity contribution in [1.82, 2.24) is 0 Å². The molecule has 2 unspecified atom stereocenters. The van der Waals surface area contributed by atoms with Gasteiger partial charge in [-0.15, -0.1) is 0 Å². The van der Waals surface area contributed by atoms with Crippen LogP contribution in [-0.4, -0.2) is 12.1 Å². The molecule has 0 amide bonds. The molecule has 2 atom stereocenters. The summed E-state index contributed by atoms with van der Waals surface area (Å²) >= 11 is 0. The van der Waals surface area contributed by atoms with Crippen LogP contribution < -0.4 is 4.90 Å². The zero-order valence-corrected chi connectivity index (χ0v) is 8.35. The summed E-state index contributed by atoms with van der Waals surface area (Å²) in [5, 5.41) is 9.02. The number of hydrogen-bond donors (Lipinski definition) is 0. The van der Waals surface area contributed by atoms with Gasteiger partial charge in [-0.2, -0.15) is 5.26 Å². The lowest BCUT2D eigenvalue weighted by atomic mass is 10.2. The van der Waals surface area contributed by atoms with Crippen molar-refractivity contribution in [3.63, 3.8) is 0 Å². The summed E-state index contributed by atoms with van der Waals surface area (Å²) < 4.78 is 0. The molecule has 1 aliphatic heterocycles. The fourth-order valence-corrected chi connectivity index (χ4v) is 2.15. The molecule has 1 saturated heterocycles. The summed E-state index contributed by atoms with van der Waals surface area (Å²) in [6.07, 6.45) is 2.11. The number of rotatable bonds is 1. The molecule has 0 saturated carbocycles. The summed E-state index contributed by atoms with van der Waals surface area (Å²) in [5.41, 5.74) is 1.17. The van der Waals surface area contributed by atoms with E-state index in [-0.39, 0.29) is 6.04 Å². The predicted molar refractivity (Wildman–Crippen MR) is 57.0 cm³/mol. The summed E-state index contributed by atoms with van der Waals surface area (Å²) in [6.45, 7) is 2.18. The van der Waals surface area contributed by atoms with E-state index in [9.17, 15) is 0 Å². The van der Waals surface area contributed by atoms with Gasteiger partial charge in [-0.25, -0.2) is 0 Å². The first-order valence-corrected chi connectivity index (χ1v) is 5.06. The Morgan fingerprint density at radius 3 is 2.64 bits per heavy atom. The van der Waals surface area contributed by atoms with Crippen LogP contribution in [0.15, 0.2) is 30.3 Å². The molecule has 1 aromatic carbocycles. The van der Waals surface area contributed by atoms with Crippen LogP contribution in [0.5, 0.6) is 0 Å². The van der Waals surface area contributed by atoms with Crippen LogP contribution in [0, 0.1) is 11.3 Å². The Morgan fingerprint density at radius 2 is 2.00 bits per heavy atom. The van der Waals surface area contributed by atoms with Crippen molar-refractivity contribution in [2.75, 3.05) is 4.90 Å². The Morgan fingerprint density at radius 1 is 1.29 bits per heavy atom. The van der Waals surface area contributed by atoms with Gasteiger partial charge < -0.3 is 4.90 Å². The van der Waals surface area contributed by atoms with Crippen LogP contribution in [0.1, 0.15) is 19.8 Å². The van der Waals surface area contributed by atoms with Crippen LogP contribution in [0.4, 0.5) is 5.69 Å². The molecule has 2 nitrogen and oxygen atoms in total. The minimum Gasteiger partial charge on any atom is -0.353 e. The molecule has 72 valence electrons. The van der Waals surface area contributed by atoms with E-state index in [0.29, 0.717) is 6.04 Å². The quantitative estimate of drug-likeness (QED) is 0.674. The zero-order valence-electron chi connectivity index (χ0n) is 8.35. The number of benzene rings is 1. The number of hydrogen-bond acceptors (Lipinski definition) is 2. The molecule has 1 fully saturated rings. The molecule has 0 bridgehead atoms. The molecular formula is C12H14N2. The predicted octanol–water partition coefficient (Wildman–Crippen LogP) is 2.57. The van der Waals surface area contributed by atoms with Gasteiger partial charge in [0.05, 0.1) is 6.07 Å². The van der Waals surface area contributed by atoms with Gasteiger partial charge in [0.2, 0.25) is 0 Å². The van der Waals surface area contributed by atoms with Crippen molar-refractivity contribution < 1.29 is 0 Å².